The average Bonchev–Trinajstić information content (AvgIpc) is 2.37. The van der Waals surface area contributed by atoms with Gasteiger partial charge in [-0.05, 0) is 62.2 Å². The van der Waals surface area contributed by atoms with Crippen LogP contribution in [0.15, 0.2) is 0 Å². The first kappa shape index (κ1) is 14.9. The molecule has 0 aromatic carbocycles. The van der Waals surface area contributed by atoms with Crippen LogP contribution in [-0.4, -0.2) is 11.9 Å². The van der Waals surface area contributed by atoms with Crippen molar-refractivity contribution in [2.75, 3.05) is 0 Å². The Morgan fingerprint density at radius 3 is 1.95 bits per heavy atom. The Balaban J connectivity index is 1.81. The van der Waals surface area contributed by atoms with Gasteiger partial charge in [0, 0.05) is 12.0 Å². The molecule has 6 atom stereocenters. The average molecular weight is 265 g/mol. The van der Waals surface area contributed by atoms with Gasteiger partial charge in [0.25, 0.3) is 0 Å². The van der Waals surface area contributed by atoms with Gasteiger partial charge < -0.3 is 5.32 Å². The fraction of sp³-hybridized carbons (Fsp3) is 0.941. The number of hydrogen-bond donors (Lipinski definition) is 1. The lowest BCUT2D eigenvalue weighted by Gasteiger charge is -2.35. The molecule has 2 nitrogen and oxygen atoms in total. The van der Waals surface area contributed by atoms with E-state index < -0.39 is 0 Å². The summed E-state index contributed by atoms with van der Waals surface area (Å²) in [5, 5.41) is 3.34. The van der Waals surface area contributed by atoms with E-state index in [1.54, 1.807) is 0 Å². The van der Waals surface area contributed by atoms with Gasteiger partial charge in [-0.15, -0.1) is 0 Å². The Labute approximate surface area is 118 Å². The van der Waals surface area contributed by atoms with E-state index in [1.807, 2.05) is 0 Å². The first-order chi connectivity index (χ1) is 8.97. The van der Waals surface area contributed by atoms with Crippen LogP contribution in [0, 0.1) is 29.6 Å². The molecule has 0 aliphatic heterocycles. The van der Waals surface area contributed by atoms with Crippen LogP contribution in [0.4, 0.5) is 0 Å². The molecule has 6 unspecified atom stereocenters. The molecule has 2 saturated carbocycles. The molecule has 19 heavy (non-hydrogen) atoms. The van der Waals surface area contributed by atoms with Crippen LogP contribution in [0.3, 0.4) is 0 Å². The highest BCUT2D eigenvalue weighted by molar-refractivity contribution is 5.79. The second-order valence-corrected chi connectivity index (χ2v) is 7.44. The van der Waals surface area contributed by atoms with E-state index in [1.165, 1.54) is 25.7 Å². The fourth-order valence-electron chi connectivity index (χ4n) is 3.78. The molecule has 0 bridgehead atoms. The van der Waals surface area contributed by atoms with Crippen molar-refractivity contribution in [2.24, 2.45) is 29.6 Å². The molecule has 2 aliphatic carbocycles. The van der Waals surface area contributed by atoms with Gasteiger partial charge in [0.2, 0.25) is 5.91 Å². The lowest BCUT2D eigenvalue weighted by atomic mass is 9.75. The maximum atomic E-state index is 12.4. The monoisotopic (exact) mass is 265 g/mol. The Hall–Kier alpha value is -0.530. The SMILES string of the molecule is CC1CCC(NC(=O)C2CCC(C)C(C)C2)CC1C. The molecular weight excluding hydrogens is 234 g/mol. The molecule has 0 heterocycles. The van der Waals surface area contributed by atoms with Crippen molar-refractivity contribution in [2.45, 2.75) is 72.3 Å². The van der Waals surface area contributed by atoms with Crippen molar-refractivity contribution in [3.8, 4) is 0 Å². The third-order valence-electron chi connectivity index (χ3n) is 5.91. The molecule has 1 amide bonds. The third kappa shape index (κ3) is 3.73. The lowest BCUT2D eigenvalue weighted by molar-refractivity contribution is -0.127. The van der Waals surface area contributed by atoms with Gasteiger partial charge in [0.15, 0.2) is 0 Å². The van der Waals surface area contributed by atoms with Gasteiger partial charge in [-0.1, -0.05) is 27.7 Å². The molecule has 110 valence electrons. The molecule has 0 radical (unpaired) electrons. The highest BCUT2D eigenvalue weighted by Gasteiger charge is 2.31. The molecule has 0 spiro atoms. The minimum Gasteiger partial charge on any atom is -0.353 e. The van der Waals surface area contributed by atoms with Gasteiger partial charge in [-0.25, -0.2) is 0 Å². The summed E-state index contributed by atoms with van der Waals surface area (Å²) in [6.07, 6.45) is 7.02. The van der Waals surface area contributed by atoms with Gasteiger partial charge >= 0.3 is 0 Å². The molecule has 2 rings (SSSR count). The summed E-state index contributed by atoms with van der Waals surface area (Å²) < 4.78 is 0. The Morgan fingerprint density at radius 2 is 1.37 bits per heavy atom. The quantitative estimate of drug-likeness (QED) is 0.803. The summed E-state index contributed by atoms with van der Waals surface area (Å²) in [7, 11) is 0. The zero-order valence-electron chi connectivity index (χ0n) is 13.1. The van der Waals surface area contributed by atoms with Crippen molar-refractivity contribution < 1.29 is 4.79 Å². The van der Waals surface area contributed by atoms with E-state index in [9.17, 15) is 4.79 Å². The first-order valence-corrected chi connectivity index (χ1v) is 8.27. The zero-order valence-corrected chi connectivity index (χ0v) is 13.1. The summed E-state index contributed by atoms with van der Waals surface area (Å²) in [5.41, 5.74) is 0. The van der Waals surface area contributed by atoms with Gasteiger partial charge in [0.1, 0.15) is 0 Å². The second kappa shape index (κ2) is 6.28. The normalized spacial score (nSPS) is 43.8. The number of rotatable bonds is 2. The smallest absolute Gasteiger partial charge is 0.223 e. The van der Waals surface area contributed by atoms with E-state index in [4.69, 9.17) is 0 Å². The van der Waals surface area contributed by atoms with Crippen molar-refractivity contribution in [3.05, 3.63) is 0 Å². The first-order valence-electron chi connectivity index (χ1n) is 8.27. The molecule has 2 fully saturated rings. The molecule has 2 heteroatoms. The molecule has 0 aromatic rings. The van der Waals surface area contributed by atoms with Crippen LogP contribution in [0.25, 0.3) is 0 Å². The van der Waals surface area contributed by atoms with Crippen LogP contribution in [-0.2, 0) is 4.79 Å². The van der Waals surface area contributed by atoms with Crippen molar-refractivity contribution in [1.29, 1.82) is 0 Å². The van der Waals surface area contributed by atoms with Crippen LogP contribution in [0.2, 0.25) is 0 Å². The maximum Gasteiger partial charge on any atom is 0.223 e. The Bertz CT molecular complexity index is 314. The van der Waals surface area contributed by atoms with Crippen LogP contribution >= 0.6 is 0 Å². The topological polar surface area (TPSA) is 29.1 Å². The number of carbonyl (C=O) groups excluding carboxylic acids is 1. The van der Waals surface area contributed by atoms with E-state index in [0.29, 0.717) is 17.9 Å². The van der Waals surface area contributed by atoms with E-state index in [-0.39, 0.29) is 5.92 Å². The summed E-state index contributed by atoms with van der Waals surface area (Å²) >= 11 is 0. The predicted molar refractivity (Wildman–Crippen MR) is 79.8 cm³/mol. The fourth-order valence-corrected chi connectivity index (χ4v) is 3.78. The van der Waals surface area contributed by atoms with Gasteiger partial charge in [-0.2, -0.15) is 0 Å². The third-order valence-corrected chi connectivity index (χ3v) is 5.91. The predicted octanol–water partition coefficient (Wildman–Crippen LogP) is 4.00. The van der Waals surface area contributed by atoms with Gasteiger partial charge in [-0.3, -0.25) is 4.79 Å². The van der Waals surface area contributed by atoms with Crippen molar-refractivity contribution in [1.82, 2.24) is 5.32 Å². The molecule has 1 N–H and O–H groups in total. The second-order valence-electron chi connectivity index (χ2n) is 7.44. The lowest BCUT2D eigenvalue weighted by Crippen LogP contribution is -2.44. The Morgan fingerprint density at radius 1 is 0.789 bits per heavy atom. The highest BCUT2D eigenvalue weighted by atomic mass is 16.1. The van der Waals surface area contributed by atoms with Crippen LogP contribution in [0.1, 0.15) is 66.2 Å². The largest absolute Gasteiger partial charge is 0.353 e. The standard InChI is InChI=1S/C17H31NO/c1-11-5-7-15(9-13(11)3)17(19)18-16-8-6-12(2)14(4)10-16/h11-16H,5-10H2,1-4H3,(H,18,19). The summed E-state index contributed by atoms with van der Waals surface area (Å²) in [6, 6.07) is 0.438. The summed E-state index contributed by atoms with van der Waals surface area (Å²) in [6.45, 7) is 9.29. The van der Waals surface area contributed by atoms with Crippen LogP contribution in [0.5, 0.6) is 0 Å². The minimum absolute atomic E-state index is 0.279. The van der Waals surface area contributed by atoms with Crippen LogP contribution < -0.4 is 5.32 Å². The minimum atomic E-state index is 0.279. The molecule has 0 aromatic heterocycles. The number of carbonyl (C=O) groups is 1. The number of amides is 1. The zero-order chi connectivity index (χ0) is 14.0. The summed E-state index contributed by atoms with van der Waals surface area (Å²) in [4.78, 5) is 12.4. The molecular formula is C17H31NO. The van der Waals surface area contributed by atoms with E-state index in [2.05, 4.69) is 33.0 Å². The number of nitrogens with one attached hydrogen (secondary N) is 1. The highest BCUT2D eigenvalue weighted by Crippen LogP contribution is 2.34. The number of hydrogen-bond acceptors (Lipinski definition) is 1. The summed E-state index contributed by atoms with van der Waals surface area (Å²) in [5.74, 6) is 3.69. The Kier molecular flexibility index (Phi) is 4.92. The van der Waals surface area contributed by atoms with Crippen molar-refractivity contribution >= 4 is 5.91 Å². The molecule has 0 saturated heterocycles. The maximum absolute atomic E-state index is 12.4. The van der Waals surface area contributed by atoms with E-state index in [0.717, 1.165) is 30.6 Å². The van der Waals surface area contributed by atoms with Crippen molar-refractivity contribution in [3.63, 3.8) is 0 Å². The van der Waals surface area contributed by atoms with Gasteiger partial charge in [0.05, 0.1) is 0 Å². The van der Waals surface area contributed by atoms with E-state index >= 15 is 0 Å². The molecule has 2 aliphatic rings.